The van der Waals surface area contributed by atoms with Crippen LogP contribution in [0.4, 0.5) is 5.69 Å². The second-order valence-corrected chi connectivity index (χ2v) is 6.48. The molecule has 5 nitrogen and oxygen atoms in total. The maximum atomic E-state index is 12.7. The summed E-state index contributed by atoms with van der Waals surface area (Å²) in [5, 5.41) is 0.0239. The molecule has 0 spiro atoms. The van der Waals surface area contributed by atoms with E-state index in [9.17, 15) is 9.59 Å². The van der Waals surface area contributed by atoms with Crippen molar-refractivity contribution in [2.24, 2.45) is 5.84 Å². The number of rotatable bonds is 3. The lowest BCUT2D eigenvalue weighted by molar-refractivity contribution is -0.123. The zero-order valence-corrected chi connectivity index (χ0v) is 13.3. The van der Waals surface area contributed by atoms with E-state index in [0.717, 1.165) is 16.1 Å². The van der Waals surface area contributed by atoms with Crippen LogP contribution in [0.3, 0.4) is 0 Å². The number of hydrogen-bond donors (Lipinski definition) is 2. The van der Waals surface area contributed by atoms with Gasteiger partial charge in [-0.05, 0) is 17.7 Å². The molecule has 0 bridgehead atoms. The zero-order valence-electron chi connectivity index (χ0n) is 12.4. The molecule has 2 aromatic carbocycles. The first-order valence-electron chi connectivity index (χ1n) is 7.29. The average molecular weight is 327 g/mol. The largest absolute Gasteiger partial charge is 0.302 e. The molecule has 1 heterocycles. The molecule has 1 aliphatic heterocycles. The maximum absolute atomic E-state index is 12.7. The number of carbonyl (C=O) groups is 2. The van der Waals surface area contributed by atoms with Gasteiger partial charge in [0, 0.05) is 16.6 Å². The molecule has 0 saturated carbocycles. The number of nitrogens with zero attached hydrogens (tertiary/aromatic N) is 1. The molecule has 2 amide bonds. The van der Waals surface area contributed by atoms with Crippen molar-refractivity contribution in [1.29, 1.82) is 0 Å². The van der Waals surface area contributed by atoms with Gasteiger partial charge in [-0.2, -0.15) is 0 Å². The minimum absolute atomic E-state index is 0.0239. The van der Waals surface area contributed by atoms with E-state index in [1.54, 1.807) is 11.8 Å². The number of nitrogens with two attached hydrogens (primary N) is 1. The Balaban J connectivity index is 1.97. The fourth-order valence-corrected chi connectivity index (χ4v) is 3.88. The van der Waals surface area contributed by atoms with Crippen molar-refractivity contribution in [3.8, 4) is 0 Å². The summed E-state index contributed by atoms with van der Waals surface area (Å²) in [6, 6.07) is 17.6. The predicted octanol–water partition coefficient (Wildman–Crippen LogP) is 2.25. The molecule has 0 aromatic heterocycles. The van der Waals surface area contributed by atoms with Crippen molar-refractivity contribution in [3.05, 3.63) is 60.2 Å². The number of anilines is 1. The van der Waals surface area contributed by atoms with Crippen LogP contribution in [0.2, 0.25) is 0 Å². The Morgan fingerprint density at radius 2 is 1.87 bits per heavy atom. The number of thioether (sulfide) groups is 1. The van der Waals surface area contributed by atoms with Crippen molar-refractivity contribution >= 4 is 29.3 Å². The second kappa shape index (κ2) is 6.85. The van der Waals surface area contributed by atoms with E-state index in [2.05, 4.69) is 5.43 Å². The number of hydrazine groups is 1. The lowest BCUT2D eigenvalue weighted by Gasteiger charge is -2.21. The minimum Gasteiger partial charge on any atom is -0.302 e. The van der Waals surface area contributed by atoms with Gasteiger partial charge in [0.25, 0.3) is 5.91 Å². The fraction of sp³-hybridized carbons (Fsp3) is 0.176. The highest BCUT2D eigenvalue weighted by atomic mass is 32.2. The number of carbonyl (C=O) groups excluding carboxylic acids is 2. The third kappa shape index (κ3) is 3.38. The first-order valence-corrected chi connectivity index (χ1v) is 8.17. The standard InChI is InChI=1S/C17H17N3O2S/c18-19-16(21)11-20-13-8-4-5-9-14(13)23-15(10-17(20)22)12-6-2-1-3-7-12/h1-9,15H,10-11,18H2,(H,19,21). The third-order valence-corrected chi connectivity index (χ3v) is 5.04. The average Bonchev–Trinajstić information content (AvgIpc) is 2.73. The van der Waals surface area contributed by atoms with Gasteiger partial charge in [0.2, 0.25) is 5.91 Å². The molecule has 0 fully saturated rings. The summed E-state index contributed by atoms with van der Waals surface area (Å²) in [5.74, 6) is 4.69. The van der Waals surface area contributed by atoms with Crippen molar-refractivity contribution < 1.29 is 9.59 Å². The Bertz CT molecular complexity index is 721. The van der Waals surface area contributed by atoms with Crippen LogP contribution in [0.1, 0.15) is 17.2 Å². The molecule has 0 radical (unpaired) electrons. The van der Waals surface area contributed by atoms with Crippen LogP contribution in [-0.2, 0) is 9.59 Å². The van der Waals surface area contributed by atoms with E-state index in [1.165, 1.54) is 4.90 Å². The Labute approximate surface area is 138 Å². The SMILES string of the molecule is NNC(=O)CN1C(=O)CC(c2ccccc2)Sc2ccccc21. The van der Waals surface area contributed by atoms with Gasteiger partial charge in [0.15, 0.2) is 0 Å². The quantitative estimate of drug-likeness (QED) is 0.515. The molecule has 0 saturated heterocycles. The molecule has 1 atom stereocenters. The normalized spacial score (nSPS) is 17.3. The highest BCUT2D eigenvalue weighted by molar-refractivity contribution is 7.99. The summed E-state index contributed by atoms with van der Waals surface area (Å²) in [4.78, 5) is 26.9. The number of para-hydroxylation sites is 1. The lowest BCUT2D eigenvalue weighted by Crippen LogP contribution is -2.43. The van der Waals surface area contributed by atoms with Gasteiger partial charge in [-0.15, -0.1) is 11.8 Å². The van der Waals surface area contributed by atoms with Gasteiger partial charge in [-0.25, -0.2) is 5.84 Å². The van der Waals surface area contributed by atoms with Crippen molar-refractivity contribution in [3.63, 3.8) is 0 Å². The number of fused-ring (bicyclic) bond motifs is 1. The number of nitrogens with one attached hydrogen (secondary N) is 1. The lowest BCUT2D eigenvalue weighted by atomic mass is 10.1. The highest BCUT2D eigenvalue weighted by Gasteiger charge is 2.30. The van der Waals surface area contributed by atoms with E-state index in [4.69, 9.17) is 5.84 Å². The Hall–Kier alpha value is -2.31. The van der Waals surface area contributed by atoms with Gasteiger partial charge in [-0.3, -0.25) is 15.0 Å². The Morgan fingerprint density at radius 3 is 2.61 bits per heavy atom. The molecule has 0 aliphatic carbocycles. The number of hydrogen-bond acceptors (Lipinski definition) is 4. The smallest absolute Gasteiger partial charge is 0.253 e. The Morgan fingerprint density at radius 1 is 1.17 bits per heavy atom. The Kier molecular flexibility index (Phi) is 4.64. The minimum atomic E-state index is -0.392. The molecule has 6 heteroatoms. The summed E-state index contributed by atoms with van der Waals surface area (Å²) in [7, 11) is 0. The predicted molar refractivity (Wildman–Crippen MR) is 90.8 cm³/mol. The molecule has 1 unspecified atom stereocenters. The first kappa shape index (κ1) is 15.6. The molecular weight excluding hydrogens is 310 g/mol. The van der Waals surface area contributed by atoms with Crippen LogP contribution in [0.15, 0.2) is 59.5 Å². The van der Waals surface area contributed by atoms with Crippen LogP contribution in [0, 0.1) is 0 Å². The van der Waals surface area contributed by atoms with Gasteiger partial charge >= 0.3 is 0 Å². The summed E-state index contributed by atoms with van der Waals surface area (Å²) >= 11 is 1.65. The van der Waals surface area contributed by atoms with E-state index < -0.39 is 5.91 Å². The van der Waals surface area contributed by atoms with Gasteiger partial charge in [0.1, 0.15) is 6.54 Å². The zero-order chi connectivity index (χ0) is 16.2. The summed E-state index contributed by atoms with van der Waals surface area (Å²) in [6.07, 6.45) is 0.335. The number of amides is 2. The van der Waals surface area contributed by atoms with Crippen molar-refractivity contribution in [2.45, 2.75) is 16.6 Å². The molecule has 2 aromatic rings. The van der Waals surface area contributed by atoms with Crippen LogP contribution < -0.4 is 16.2 Å². The van der Waals surface area contributed by atoms with Crippen molar-refractivity contribution in [2.75, 3.05) is 11.4 Å². The molecule has 3 N–H and O–H groups in total. The van der Waals surface area contributed by atoms with Crippen LogP contribution in [0.5, 0.6) is 0 Å². The van der Waals surface area contributed by atoms with E-state index >= 15 is 0 Å². The van der Waals surface area contributed by atoms with Crippen LogP contribution >= 0.6 is 11.8 Å². The number of benzene rings is 2. The summed E-state index contributed by atoms with van der Waals surface area (Å²) < 4.78 is 0. The summed E-state index contributed by atoms with van der Waals surface area (Å²) in [5.41, 5.74) is 3.94. The topological polar surface area (TPSA) is 75.4 Å². The van der Waals surface area contributed by atoms with E-state index in [-0.39, 0.29) is 17.7 Å². The molecule has 1 aliphatic rings. The maximum Gasteiger partial charge on any atom is 0.253 e. The van der Waals surface area contributed by atoms with Crippen molar-refractivity contribution in [1.82, 2.24) is 5.43 Å². The monoisotopic (exact) mass is 327 g/mol. The van der Waals surface area contributed by atoms with Gasteiger partial charge < -0.3 is 4.90 Å². The summed E-state index contributed by atoms with van der Waals surface area (Å²) in [6.45, 7) is -0.0750. The van der Waals surface area contributed by atoms with E-state index in [0.29, 0.717) is 6.42 Å². The van der Waals surface area contributed by atoms with Gasteiger partial charge in [0.05, 0.1) is 5.69 Å². The molecule has 118 valence electrons. The fourth-order valence-electron chi connectivity index (χ4n) is 2.59. The van der Waals surface area contributed by atoms with Crippen LogP contribution in [-0.4, -0.2) is 18.4 Å². The third-order valence-electron chi connectivity index (χ3n) is 3.72. The molecular formula is C17H17N3O2S. The van der Waals surface area contributed by atoms with Gasteiger partial charge in [-0.1, -0.05) is 42.5 Å². The second-order valence-electron chi connectivity index (χ2n) is 5.24. The highest BCUT2D eigenvalue weighted by Crippen LogP contribution is 2.45. The first-order chi connectivity index (χ1) is 11.2. The van der Waals surface area contributed by atoms with Crippen LogP contribution in [0.25, 0.3) is 0 Å². The van der Waals surface area contributed by atoms with E-state index in [1.807, 2.05) is 54.6 Å². The molecule has 3 rings (SSSR count). The molecule has 23 heavy (non-hydrogen) atoms.